The van der Waals surface area contributed by atoms with Crippen molar-refractivity contribution >= 4 is 28.8 Å². The molecule has 0 spiro atoms. The van der Waals surface area contributed by atoms with Gasteiger partial charge in [0.2, 0.25) is 0 Å². The van der Waals surface area contributed by atoms with Crippen LogP contribution in [0.5, 0.6) is 0 Å². The Kier molecular flexibility index (Phi) is 5.47. The number of likely N-dealkylation sites (N-methyl/N-ethyl adjacent to an activating group) is 1. The van der Waals surface area contributed by atoms with Gasteiger partial charge >= 0.3 is 0 Å². The lowest BCUT2D eigenvalue weighted by Crippen LogP contribution is -2.35. The third kappa shape index (κ3) is 3.62. The second-order valence-electron chi connectivity index (χ2n) is 6.91. The molecule has 1 N–H and O–H groups in total. The van der Waals surface area contributed by atoms with Crippen LogP contribution < -0.4 is 4.90 Å². The lowest BCUT2D eigenvalue weighted by atomic mass is 10.0. The third-order valence-corrected chi connectivity index (χ3v) is 4.85. The van der Waals surface area contributed by atoms with Crippen molar-refractivity contribution in [2.75, 3.05) is 25.1 Å². The molecule has 8 nitrogen and oxygen atoms in total. The Morgan fingerprint density at radius 1 is 1.07 bits per heavy atom. The molecule has 1 aliphatic heterocycles. The Bertz CT molecular complexity index is 1030. The number of amides is 2. The summed E-state index contributed by atoms with van der Waals surface area (Å²) in [6.07, 6.45) is 0. The van der Waals surface area contributed by atoms with Crippen LogP contribution in [0.25, 0.3) is 5.57 Å². The standard InChI is InChI=1S/C21H21N3O5/c1-13-4-5-14(2)17(12-13)23-20(26)18(19(21(23)27)22(3)10-11-25)15-6-8-16(9-7-15)24(28)29/h4-9,12,25H,10-11H2,1-3H3. The van der Waals surface area contributed by atoms with Crippen molar-refractivity contribution in [3.63, 3.8) is 0 Å². The molecule has 29 heavy (non-hydrogen) atoms. The van der Waals surface area contributed by atoms with Crippen molar-refractivity contribution in [1.82, 2.24) is 4.90 Å². The zero-order valence-electron chi connectivity index (χ0n) is 16.4. The molecule has 2 amide bonds. The number of anilines is 1. The van der Waals surface area contributed by atoms with E-state index in [9.17, 15) is 24.8 Å². The topological polar surface area (TPSA) is 104 Å². The zero-order chi connectivity index (χ0) is 21.3. The highest BCUT2D eigenvalue weighted by Gasteiger charge is 2.42. The van der Waals surface area contributed by atoms with Crippen molar-refractivity contribution in [2.45, 2.75) is 13.8 Å². The Hall–Kier alpha value is -3.52. The molecule has 0 radical (unpaired) electrons. The van der Waals surface area contributed by atoms with Gasteiger partial charge in [-0.15, -0.1) is 0 Å². The van der Waals surface area contributed by atoms with Crippen molar-refractivity contribution in [3.05, 3.63) is 75.0 Å². The fraction of sp³-hybridized carbons (Fsp3) is 0.238. The number of nitro benzene ring substituents is 1. The van der Waals surface area contributed by atoms with Gasteiger partial charge in [-0.3, -0.25) is 19.7 Å². The molecule has 2 aromatic rings. The number of non-ortho nitro benzene ring substituents is 1. The normalized spacial score (nSPS) is 14.0. The monoisotopic (exact) mass is 395 g/mol. The maximum Gasteiger partial charge on any atom is 0.282 e. The second-order valence-corrected chi connectivity index (χ2v) is 6.91. The lowest BCUT2D eigenvalue weighted by molar-refractivity contribution is -0.384. The minimum atomic E-state index is -0.527. The Morgan fingerprint density at radius 2 is 1.72 bits per heavy atom. The van der Waals surface area contributed by atoms with E-state index in [1.54, 1.807) is 13.1 Å². The van der Waals surface area contributed by atoms with Crippen LogP contribution in [0.15, 0.2) is 48.2 Å². The Labute approximate surface area is 167 Å². The number of benzene rings is 2. The van der Waals surface area contributed by atoms with Gasteiger partial charge in [0.15, 0.2) is 0 Å². The SMILES string of the molecule is Cc1ccc(C)c(N2C(=O)C(c3ccc([N+](=O)[O-])cc3)=C(N(C)CCO)C2=O)c1. The maximum absolute atomic E-state index is 13.3. The average molecular weight is 395 g/mol. The van der Waals surface area contributed by atoms with Crippen LogP contribution in [0.1, 0.15) is 16.7 Å². The number of nitro groups is 1. The van der Waals surface area contributed by atoms with E-state index in [-0.39, 0.29) is 30.1 Å². The molecule has 8 heteroatoms. The number of hydrogen-bond acceptors (Lipinski definition) is 6. The number of hydrogen-bond donors (Lipinski definition) is 1. The van der Waals surface area contributed by atoms with Crippen molar-refractivity contribution in [2.24, 2.45) is 0 Å². The Balaban J connectivity index is 2.15. The number of aryl methyl sites for hydroxylation is 2. The molecule has 0 aromatic heterocycles. The number of carbonyl (C=O) groups is 2. The quantitative estimate of drug-likeness (QED) is 0.458. The summed E-state index contributed by atoms with van der Waals surface area (Å²) in [7, 11) is 1.62. The molecule has 0 aliphatic carbocycles. The fourth-order valence-electron chi connectivity index (χ4n) is 3.32. The van der Waals surface area contributed by atoms with Crippen LogP contribution >= 0.6 is 0 Å². The van der Waals surface area contributed by atoms with Crippen LogP contribution in [0.2, 0.25) is 0 Å². The molecule has 1 heterocycles. The van der Waals surface area contributed by atoms with Crippen LogP contribution in [0, 0.1) is 24.0 Å². The van der Waals surface area contributed by atoms with Gasteiger partial charge in [-0.2, -0.15) is 0 Å². The molecule has 0 bridgehead atoms. The van der Waals surface area contributed by atoms with Gasteiger partial charge in [0.1, 0.15) is 5.70 Å². The molecule has 1 aliphatic rings. The van der Waals surface area contributed by atoms with E-state index in [1.165, 1.54) is 29.2 Å². The minimum absolute atomic E-state index is 0.109. The molecule has 3 rings (SSSR count). The van der Waals surface area contributed by atoms with Crippen LogP contribution in [-0.2, 0) is 9.59 Å². The van der Waals surface area contributed by atoms with Gasteiger partial charge in [-0.25, -0.2) is 4.90 Å². The largest absolute Gasteiger partial charge is 0.395 e. The second kappa shape index (κ2) is 7.84. The summed E-state index contributed by atoms with van der Waals surface area (Å²) in [4.78, 5) is 39.7. The fourth-order valence-corrected chi connectivity index (χ4v) is 3.32. The molecule has 150 valence electrons. The van der Waals surface area contributed by atoms with Crippen LogP contribution in [0.3, 0.4) is 0 Å². The maximum atomic E-state index is 13.3. The van der Waals surface area contributed by atoms with E-state index < -0.39 is 16.7 Å². The average Bonchev–Trinajstić information content (AvgIpc) is 2.94. The minimum Gasteiger partial charge on any atom is -0.395 e. The Morgan fingerprint density at radius 3 is 2.31 bits per heavy atom. The van der Waals surface area contributed by atoms with E-state index in [4.69, 9.17) is 0 Å². The van der Waals surface area contributed by atoms with Gasteiger partial charge in [-0.05, 0) is 48.7 Å². The molecule has 0 unspecified atom stereocenters. The van der Waals surface area contributed by atoms with E-state index in [2.05, 4.69) is 0 Å². The lowest BCUT2D eigenvalue weighted by Gasteiger charge is -2.21. The summed E-state index contributed by atoms with van der Waals surface area (Å²) >= 11 is 0. The van der Waals surface area contributed by atoms with Gasteiger partial charge < -0.3 is 10.0 Å². The highest BCUT2D eigenvalue weighted by Crippen LogP contribution is 2.36. The smallest absolute Gasteiger partial charge is 0.282 e. The van der Waals surface area contributed by atoms with Crippen LogP contribution in [0.4, 0.5) is 11.4 Å². The number of rotatable bonds is 6. The summed E-state index contributed by atoms with van der Waals surface area (Å²) in [6.45, 7) is 3.65. The van der Waals surface area contributed by atoms with Crippen molar-refractivity contribution in [1.29, 1.82) is 0 Å². The highest BCUT2D eigenvalue weighted by molar-refractivity contribution is 6.45. The first-order valence-corrected chi connectivity index (χ1v) is 9.03. The van der Waals surface area contributed by atoms with Crippen molar-refractivity contribution < 1.29 is 19.6 Å². The first-order chi connectivity index (χ1) is 13.8. The zero-order valence-corrected chi connectivity index (χ0v) is 16.4. The molecule has 0 atom stereocenters. The summed E-state index contributed by atoms with van der Waals surface area (Å²) in [5, 5.41) is 20.3. The molecule has 0 saturated heterocycles. The predicted octanol–water partition coefficient (Wildman–Crippen LogP) is 2.42. The number of aliphatic hydroxyl groups is 1. The van der Waals surface area contributed by atoms with E-state index in [1.807, 2.05) is 26.0 Å². The van der Waals surface area contributed by atoms with Crippen LogP contribution in [-0.4, -0.2) is 46.9 Å². The van der Waals surface area contributed by atoms with Gasteiger partial charge in [-0.1, -0.05) is 12.1 Å². The molecular formula is C21H21N3O5. The molecular weight excluding hydrogens is 374 g/mol. The van der Waals surface area contributed by atoms with Gasteiger partial charge in [0.05, 0.1) is 22.8 Å². The molecule has 2 aromatic carbocycles. The van der Waals surface area contributed by atoms with E-state index in [0.717, 1.165) is 16.0 Å². The number of aliphatic hydroxyl groups excluding tert-OH is 1. The molecule has 0 saturated carbocycles. The first kappa shape index (κ1) is 20.2. The predicted molar refractivity (Wildman–Crippen MR) is 108 cm³/mol. The highest BCUT2D eigenvalue weighted by atomic mass is 16.6. The van der Waals surface area contributed by atoms with Crippen molar-refractivity contribution in [3.8, 4) is 0 Å². The third-order valence-electron chi connectivity index (χ3n) is 4.85. The number of carbonyl (C=O) groups excluding carboxylic acids is 2. The first-order valence-electron chi connectivity index (χ1n) is 9.03. The van der Waals surface area contributed by atoms with E-state index in [0.29, 0.717) is 11.3 Å². The summed E-state index contributed by atoms with van der Waals surface area (Å²) in [6, 6.07) is 11.0. The summed E-state index contributed by atoms with van der Waals surface area (Å²) < 4.78 is 0. The van der Waals surface area contributed by atoms with E-state index >= 15 is 0 Å². The molecule has 0 fully saturated rings. The summed E-state index contributed by atoms with van der Waals surface area (Å²) in [5.41, 5.74) is 2.77. The number of imide groups is 1. The van der Waals surface area contributed by atoms with Gasteiger partial charge in [0, 0.05) is 25.7 Å². The summed E-state index contributed by atoms with van der Waals surface area (Å²) in [5.74, 6) is -0.995. The van der Waals surface area contributed by atoms with Gasteiger partial charge in [0.25, 0.3) is 17.5 Å². The number of nitrogens with zero attached hydrogens (tertiary/aromatic N) is 3.